The predicted octanol–water partition coefficient (Wildman–Crippen LogP) is 2.41. The van der Waals surface area contributed by atoms with Gasteiger partial charge < -0.3 is 4.52 Å². The Morgan fingerprint density at radius 3 is 2.68 bits per heavy atom. The van der Waals surface area contributed by atoms with Gasteiger partial charge in [0, 0.05) is 25.2 Å². The minimum Gasteiger partial charge on any atom is -0.361 e. The van der Waals surface area contributed by atoms with Gasteiger partial charge in [-0.2, -0.15) is 5.10 Å². The SMILES string of the molecule is Cc1nc(C)n(CC2CCCN(Cc3c(C)noc3C)C2)n1. The topological polar surface area (TPSA) is 60.0 Å². The van der Waals surface area contributed by atoms with Crippen LogP contribution in [0.25, 0.3) is 0 Å². The van der Waals surface area contributed by atoms with E-state index in [0.29, 0.717) is 5.92 Å². The number of aromatic nitrogens is 4. The molecule has 0 spiro atoms. The van der Waals surface area contributed by atoms with Crippen LogP contribution in [0.3, 0.4) is 0 Å². The van der Waals surface area contributed by atoms with Crippen LogP contribution in [0.2, 0.25) is 0 Å². The zero-order chi connectivity index (χ0) is 15.7. The molecule has 0 amide bonds. The van der Waals surface area contributed by atoms with Crippen LogP contribution in [-0.2, 0) is 13.1 Å². The molecule has 1 fully saturated rings. The summed E-state index contributed by atoms with van der Waals surface area (Å²) in [7, 11) is 0. The highest BCUT2D eigenvalue weighted by Crippen LogP contribution is 2.22. The van der Waals surface area contributed by atoms with E-state index in [1.807, 2.05) is 27.7 Å². The van der Waals surface area contributed by atoms with Crippen LogP contribution in [0.4, 0.5) is 0 Å². The molecule has 3 rings (SSSR count). The van der Waals surface area contributed by atoms with E-state index in [1.54, 1.807) is 0 Å². The van der Waals surface area contributed by atoms with Gasteiger partial charge in [-0.05, 0) is 53.0 Å². The number of hydrogen-bond acceptors (Lipinski definition) is 5. The third-order valence-electron chi connectivity index (χ3n) is 4.56. The van der Waals surface area contributed by atoms with E-state index in [-0.39, 0.29) is 0 Å². The van der Waals surface area contributed by atoms with E-state index in [1.165, 1.54) is 18.4 Å². The van der Waals surface area contributed by atoms with E-state index in [2.05, 4.69) is 24.8 Å². The summed E-state index contributed by atoms with van der Waals surface area (Å²) in [5.74, 6) is 3.46. The van der Waals surface area contributed by atoms with Gasteiger partial charge in [-0.25, -0.2) is 9.67 Å². The lowest BCUT2D eigenvalue weighted by atomic mass is 9.97. The van der Waals surface area contributed by atoms with Gasteiger partial charge in [-0.3, -0.25) is 4.90 Å². The first-order chi connectivity index (χ1) is 10.5. The molecule has 0 aromatic carbocycles. The molecule has 2 aromatic rings. The zero-order valence-corrected chi connectivity index (χ0v) is 14.0. The molecule has 6 heteroatoms. The maximum absolute atomic E-state index is 5.28. The minimum absolute atomic E-state index is 0.633. The molecule has 0 aliphatic carbocycles. The predicted molar refractivity (Wildman–Crippen MR) is 83.5 cm³/mol. The first-order valence-corrected chi connectivity index (χ1v) is 8.05. The van der Waals surface area contributed by atoms with Gasteiger partial charge in [-0.1, -0.05) is 5.16 Å². The minimum atomic E-state index is 0.633. The molecule has 1 atom stereocenters. The molecule has 1 unspecified atom stereocenters. The van der Waals surface area contributed by atoms with Gasteiger partial charge in [0.2, 0.25) is 0 Å². The third-order valence-corrected chi connectivity index (χ3v) is 4.56. The lowest BCUT2D eigenvalue weighted by Crippen LogP contribution is -2.37. The van der Waals surface area contributed by atoms with E-state index in [0.717, 1.165) is 49.3 Å². The van der Waals surface area contributed by atoms with Gasteiger partial charge >= 0.3 is 0 Å². The van der Waals surface area contributed by atoms with Crippen LogP contribution < -0.4 is 0 Å². The summed E-state index contributed by atoms with van der Waals surface area (Å²) in [6.45, 7) is 12.2. The van der Waals surface area contributed by atoms with Crippen molar-refractivity contribution in [1.82, 2.24) is 24.8 Å². The van der Waals surface area contributed by atoms with Gasteiger partial charge in [0.25, 0.3) is 0 Å². The molecular formula is C16H25N5O. The molecule has 6 nitrogen and oxygen atoms in total. The number of rotatable bonds is 4. The van der Waals surface area contributed by atoms with Gasteiger partial charge in [-0.15, -0.1) is 0 Å². The molecule has 0 radical (unpaired) electrons. The van der Waals surface area contributed by atoms with Crippen LogP contribution in [0, 0.1) is 33.6 Å². The maximum Gasteiger partial charge on any atom is 0.147 e. The number of nitrogens with zero attached hydrogens (tertiary/aromatic N) is 5. The summed E-state index contributed by atoms with van der Waals surface area (Å²) in [6, 6.07) is 0. The van der Waals surface area contributed by atoms with Crippen LogP contribution >= 0.6 is 0 Å². The molecule has 1 aliphatic heterocycles. The van der Waals surface area contributed by atoms with Crippen molar-refractivity contribution in [1.29, 1.82) is 0 Å². The van der Waals surface area contributed by atoms with E-state index in [9.17, 15) is 0 Å². The van der Waals surface area contributed by atoms with Crippen molar-refractivity contribution in [3.05, 3.63) is 28.7 Å². The lowest BCUT2D eigenvalue weighted by Gasteiger charge is -2.32. The second kappa shape index (κ2) is 6.20. The molecular weight excluding hydrogens is 278 g/mol. The van der Waals surface area contributed by atoms with Crippen LogP contribution in [0.15, 0.2) is 4.52 Å². The van der Waals surface area contributed by atoms with Crippen LogP contribution in [0.5, 0.6) is 0 Å². The molecule has 120 valence electrons. The third kappa shape index (κ3) is 3.21. The van der Waals surface area contributed by atoms with Crippen molar-refractivity contribution in [2.75, 3.05) is 13.1 Å². The van der Waals surface area contributed by atoms with Gasteiger partial charge in [0.05, 0.1) is 5.69 Å². The van der Waals surface area contributed by atoms with Gasteiger partial charge in [0.15, 0.2) is 0 Å². The second-order valence-corrected chi connectivity index (χ2v) is 6.43. The number of aryl methyl sites for hydroxylation is 4. The Morgan fingerprint density at radius 2 is 2.05 bits per heavy atom. The van der Waals surface area contributed by atoms with E-state index in [4.69, 9.17) is 4.52 Å². The Morgan fingerprint density at radius 1 is 1.23 bits per heavy atom. The number of likely N-dealkylation sites (tertiary alicyclic amines) is 1. The van der Waals surface area contributed by atoms with Crippen LogP contribution in [-0.4, -0.2) is 37.9 Å². The fourth-order valence-corrected chi connectivity index (χ4v) is 3.37. The molecule has 2 aromatic heterocycles. The van der Waals surface area contributed by atoms with Crippen molar-refractivity contribution >= 4 is 0 Å². The monoisotopic (exact) mass is 303 g/mol. The van der Waals surface area contributed by atoms with Crippen LogP contribution in [0.1, 0.15) is 41.5 Å². The van der Waals surface area contributed by atoms with Crippen molar-refractivity contribution in [3.63, 3.8) is 0 Å². The van der Waals surface area contributed by atoms with Gasteiger partial charge in [0.1, 0.15) is 17.4 Å². The average molecular weight is 303 g/mol. The quantitative estimate of drug-likeness (QED) is 0.868. The smallest absolute Gasteiger partial charge is 0.147 e. The molecule has 22 heavy (non-hydrogen) atoms. The van der Waals surface area contributed by atoms with Crippen molar-refractivity contribution in [3.8, 4) is 0 Å². The van der Waals surface area contributed by atoms with E-state index >= 15 is 0 Å². The Hall–Kier alpha value is -1.69. The molecule has 1 aliphatic rings. The fraction of sp³-hybridized carbons (Fsp3) is 0.688. The first kappa shape index (κ1) is 15.2. The molecule has 0 N–H and O–H groups in total. The summed E-state index contributed by atoms with van der Waals surface area (Å²) in [5.41, 5.74) is 2.26. The molecule has 0 bridgehead atoms. The molecule has 3 heterocycles. The standard InChI is InChI=1S/C16H25N5O/c1-11-16(12(2)22-19-11)10-20-7-5-6-15(8-20)9-21-14(4)17-13(3)18-21/h15H,5-10H2,1-4H3. The Balaban J connectivity index is 1.63. The maximum atomic E-state index is 5.28. The summed E-state index contributed by atoms with van der Waals surface area (Å²) < 4.78 is 7.33. The number of piperidine rings is 1. The normalized spacial score (nSPS) is 19.7. The highest BCUT2D eigenvalue weighted by atomic mass is 16.5. The van der Waals surface area contributed by atoms with Crippen molar-refractivity contribution < 1.29 is 4.52 Å². The fourth-order valence-electron chi connectivity index (χ4n) is 3.37. The first-order valence-electron chi connectivity index (χ1n) is 8.05. The highest BCUT2D eigenvalue weighted by molar-refractivity contribution is 5.20. The molecule has 1 saturated heterocycles. The Labute approximate surface area is 131 Å². The number of hydrogen-bond donors (Lipinski definition) is 0. The highest BCUT2D eigenvalue weighted by Gasteiger charge is 2.23. The summed E-state index contributed by atoms with van der Waals surface area (Å²) in [4.78, 5) is 6.91. The zero-order valence-electron chi connectivity index (χ0n) is 14.0. The summed E-state index contributed by atoms with van der Waals surface area (Å²) >= 11 is 0. The second-order valence-electron chi connectivity index (χ2n) is 6.43. The lowest BCUT2D eigenvalue weighted by molar-refractivity contribution is 0.152. The largest absolute Gasteiger partial charge is 0.361 e. The van der Waals surface area contributed by atoms with Crippen molar-refractivity contribution in [2.45, 2.75) is 53.6 Å². The molecule has 0 saturated carbocycles. The van der Waals surface area contributed by atoms with Crippen molar-refractivity contribution in [2.24, 2.45) is 5.92 Å². The Bertz CT molecular complexity index is 626. The summed E-state index contributed by atoms with van der Waals surface area (Å²) in [6.07, 6.45) is 2.50. The Kier molecular flexibility index (Phi) is 4.29. The average Bonchev–Trinajstić information content (AvgIpc) is 2.95. The summed E-state index contributed by atoms with van der Waals surface area (Å²) in [5, 5.41) is 8.55. The van der Waals surface area contributed by atoms with E-state index < -0.39 is 0 Å².